The molecule has 0 bridgehead atoms. The highest BCUT2D eigenvalue weighted by molar-refractivity contribution is 5.93. The molecule has 2 atom stereocenters. The van der Waals surface area contributed by atoms with Gasteiger partial charge in [0.15, 0.2) is 0 Å². The molecule has 0 N–H and O–H groups in total. The fourth-order valence-corrected chi connectivity index (χ4v) is 1.86. The van der Waals surface area contributed by atoms with E-state index in [0.717, 1.165) is 12.2 Å². The Morgan fingerprint density at radius 1 is 0.786 bits per heavy atom. The Bertz CT molecular complexity index is 672. The van der Waals surface area contributed by atoms with Crippen LogP contribution in [0, 0.1) is 0 Å². The van der Waals surface area contributed by atoms with Gasteiger partial charge in [0.2, 0.25) is 0 Å². The van der Waals surface area contributed by atoms with E-state index in [4.69, 9.17) is 18.9 Å². The van der Waals surface area contributed by atoms with Gasteiger partial charge >= 0.3 is 23.9 Å². The molecule has 0 heterocycles. The predicted molar refractivity (Wildman–Crippen MR) is 98.5 cm³/mol. The molecular weight excluding hydrogens is 368 g/mol. The molecule has 28 heavy (non-hydrogen) atoms. The summed E-state index contributed by atoms with van der Waals surface area (Å²) in [5, 5.41) is 0. The Morgan fingerprint density at radius 3 is 1.39 bits per heavy atom. The van der Waals surface area contributed by atoms with Gasteiger partial charge in [-0.15, -0.1) is 0 Å². The molecule has 0 aromatic heterocycles. The van der Waals surface area contributed by atoms with E-state index in [1.807, 2.05) is 0 Å². The standard InChI is InChI=1S/C20H22O8/c1-5-17(21)27-13(3)11-25-19(23)15-7-9-16(10-8-15)20(24)26-12-14(4)28-18(22)6-2/h5-10,13-14H,1-2,11-12H2,3-4H3. The first-order valence-corrected chi connectivity index (χ1v) is 8.37. The maximum Gasteiger partial charge on any atom is 0.338 e. The summed E-state index contributed by atoms with van der Waals surface area (Å²) >= 11 is 0. The second kappa shape index (κ2) is 11.3. The van der Waals surface area contributed by atoms with Crippen molar-refractivity contribution in [2.45, 2.75) is 26.1 Å². The second-order valence-corrected chi connectivity index (χ2v) is 5.68. The average molecular weight is 390 g/mol. The van der Waals surface area contributed by atoms with Crippen molar-refractivity contribution < 1.29 is 38.1 Å². The third-order valence-electron chi connectivity index (χ3n) is 3.22. The highest BCUT2D eigenvalue weighted by Crippen LogP contribution is 2.09. The molecular formula is C20H22O8. The molecule has 0 aliphatic heterocycles. The number of carbonyl (C=O) groups is 4. The molecule has 0 amide bonds. The predicted octanol–water partition coefficient (Wildman–Crippen LogP) is 2.24. The molecule has 150 valence electrons. The van der Waals surface area contributed by atoms with Crippen LogP contribution in [0.4, 0.5) is 0 Å². The van der Waals surface area contributed by atoms with Gasteiger partial charge in [-0.1, -0.05) is 13.2 Å². The molecule has 1 aromatic rings. The van der Waals surface area contributed by atoms with Gasteiger partial charge in [0, 0.05) is 12.2 Å². The van der Waals surface area contributed by atoms with Crippen LogP contribution >= 0.6 is 0 Å². The monoisotopic (exact) mass is 390 g/mol. The van der Waals surface area contributed by atoms with E-state index in [-0.39, 0.29) is 24.3 Å². The number of rotatable bonds is 10. The van der Waals surface area contributed by atoms with E-state index in [1.165, 1.54) is 24.3 Å². The van der Waals surface area contributed by atoms with Gasteiger partial charge in [-0.05, 0) is 38.1 Å². The molecule has 0 fully saturated rings. The van der Waals surface area contributed by atoms with Crippen molar-refractivity contribution in [1.29, 1.82) is 0 Å². The zero-order valence-corrected chi connectivity index (χ0v) is 15.7. The van der Waals surface area contributed by atoms with Crippen LogP contribution in [-0.4, -0.2) is 49.3 Å². The van der Waals surface area contributed by atoms with Crippen LogP contribution in [-0.2, 0) is 28.5 Å². The lowest BCUT2D eigenvalue weighted by molar-refractivity contribution is -0.144. The molecule has 1 aromatic carbocycles. The number of carbonyl (C=O) groups excluding carboxylic acids is 4. The largest absolute Gasteiger partial charge is 0.458 e. The van der Waals surface area contributed by atoms with Gasteiger partial charge in [0.25, 0.3) is 0 Å². The molecule has 1 rings (SSSR count). The molecule has 8 heteroatoms. The Balaban J connectivity index is 2.51. The maximum atomic E-state index is 12.0. The first-order chi connectivity index (χ1) is 13.3. The summed E-state index contributed by atoms with van der Waals surface area (Å²) in [5.74, 6) is -2.49. The van der Waals surface area contributed by atoms with Crippen molar-refractivity contribution in [3.05, 3.63) is 60.7 Å². The third-order valence-corrected chi connectivity index (χ3v) is 3.22. The van der Waals surface area contributed by atoms with Gasteiger partial charge in [0.05, 0.1) is 11.1 Å². The molecule has 0 radical (unpaired) electrons. The summed E-state index contributed by atoms with van der Waals surface area (Å²) in [5.41, 5.74) is 0.430. The lowest BCUT2D eigenvalue weighted by Gasteiger charge is -2.13. The Hall–Kier alpha value is -3.42. The average Bonchev–Trinajstić information content (AvgIpc) is 2.69. The molecule has 0 saturated carbocycles. The van der Waals surface area contributed by atoms with Crippen molar-refractivity contribution in [2.24, 2.45) is 0 Å². The number of hydrogen-bond donors (Lipinski definition) is 0. The third kappa shape index (κ3) is 7.86. The molecule has 0 aliphatic carbocycles. The first kappa shape index (κ1) is 22.6. The fraction of sp³-hybridized carbons (Fsp3) is 0.300. The minimum atomic E-state index is -0.633. The van der Waals surface area contributed by atoms with Crippen LogP contribution in [0.5, 0.6) is 0 Å². The van der Waals surface area contributed by atoms with Gasteiger partial charge < -0.3 is 18.9 Å². The highest BCUT2D eigenvalue weighted by Gasteiger charge is 2.15. The van der Waals surface area contributed by atoms with Crippen molar-refractivity contribution in [3.8, 4) is 0 Å². The summed E-state index contributed by atoms with van der Waals surface area (Å²) < 4.78 is 19.8. The zero-order chi connectivity index (χ0) is 21.1. The fourth-order valence-electron chi connectivity index (χ4n) is 1.86. The maximum absolute atomic E-state index is 12.0. The van der Waals surface area contributed by atoms with Crippen LogP contribution in [0.25, 0.3) is 0 Å². The van der Waals surface area contributed by atoms with Crippen molar-refractivity contribution in [3.63, 3.8) is 0 Å². The minimum Gasteiger partial charge on any atom is -0.458 e. The molecule has 0 saturated heterocycles. The SMILES string of the molecule is C=CC(=O)OC(C)COC(=O)c1ccc(C(=O)OCC(C)OC(=O)C=C)cc1. The van der Waals surface area contributed by atoms with Gasteiger partial charge in [0.1, 0.15) is 25.4 Å². The number of esters is 4. The second-order valence-electron chi connectivity index (χ2n) is 5.68. The van der Waals surface area contributed by atoms with Crippen molar-refractivity contribution in [1.82, 2.24) is 0 Å². The minimum absolute atomic E-state index is 0.122. The van der Waals surface area contributed by atoms with Crippen LogP contribution in [0.15, 0.2) is 49.6 Å². The van der Waals surface area contributed by atoms with E-state index >= 15 is 0 Å². The van der Waals surface area contributed by atoms with Crippen molar-refractivity contribution >= 4 is 23.9 Å². The lowest BCUT2D eigenvalue weighted by atomic mass is 10.1. The molecule has 2 unspecified atom stereocenters. The van der Waals surface area contributed by atoms with E-state index in [2.05, 4.69) is 13.2 Å². The summed E-state index contributed by atoms with van der Waals surface area (Å²) in [6.45, 7) is 9.44. The Labute approximate surface area is 162 Å². The van der Waals surface area contributed by atoms with Gasteiger partial charge in [-0.2, -0.15) is 0 Å². The normalized spacial score (nSPS) is 12.1. The van der Waals surface area contributed by atoms with E-state index in [0.29, 0.717) is 0 Å². The summed E-state index contributed by atoms with van der Waals surface area (Å²) in [6.07, 6.45) is 0.780. The number of benzene rings is 1. The van der Waals surface area contributed by atoms with Crippen LogP contribution < -0.4 is 0 Å². The van der Waals surface area contributed by atoms with E-state index in [1.54, 1.807) is 13.8 Å². The van der Waals surface area contributed by atoms with Crippen LogP contribution in [0.2, 0.25) is 0 Å². The molecule has 0 aliphatic rings. The Morgan fingerprint density at radius 2 is 1.11 bits per heavy atom. The number of ether oxygens (including phenoxy) is 4. The molecule has 0 spiro atoms. The summed E-state index contributed by atoms with van der Waals surface area (Å²) in [6, 6.07) is 5.61. The lowest BCUT2D eigenvalue weighted by Crippen LogP contribution is -2.22. The zero-order valence-electron chi connectivity index (χ0n) is 15.7. The van der Waals surface area contributed by atoms with Crippen molar-refractivity contribution in [2.75, 3.05) is 13.2 Å². The Kier molecular flexibility index (Phi) is 9.15. The van der Waals surface area contributed by atoms with Crippen LogP contribution in [0.1, 0.15) is 34.6 Å². The van der Waals surface area contributed by atoms with Crippen LogP contribution in [0.3, 0.4) is 0 Å². The summed E-state index contributed by atoms with van der Waals surface area (Å²) in [7, 11) is 0. The molecule has 8 nitrogen and oxygen atoms in total. The van der Waals surface area contributed by atoms with Gasteiger partial charge in [-0.3, -0.25) is 0 Å². The topological polar surface area (TPSA) is 105 Å². The van der Waals surface area contributed by atoms with E-state index in [9.17, 15) is 19.2 Å². The number of hydrogen-bond acceptors (Lipinski definition) is 8. The van der Waals surface area contributed by atoms with E-state index < -0.39 is 36.1 Å². The highest BCUT2D eigenvalue weighted by atomic mass is 16.6. The summed E-state index contributed by atoms with van der Waals surface area (Å²) in [4.78, 5) is 46.0. The smallest absolute Gasteiger partial charge is 0.338 e. The first-order valence-electron chi connectivity index (χ1n) is 8.37. The van der Waals surface area contributed by atoms with Gasteiger partial charge in [-0.25, -0.2) is 19.2 Å². The quantitative estimate of drug-likeness (QED) is 0.340.